The standard InChI is InChI=1S/C16H13F2NO3S/c17-16(18)23-12-8-6-11(7-9-12)15(21)22-13(14(19)20)10-4-2-1-3-5-10/h1-9,13,16H,(H2,19,20)/t13-/m0/s1. The molecule has 7 heteroatoms. The normalized spacial score (nSPS) is 12.0. The van der Waals surface area contributed by atoms with Crippen LogP contribution in [0.5, 0.6) is 0 Å². The second-order valence-corrected chi connectivity index (χ2v) is 5.56. The van der Waals surface area contributed by atoms with E-state index in [1.807, 2.05) is 0 Å². The monoisotopic (exact) mass is 337 g/mol. The van der Waals surface area contributed by atoms with Crippen molar-refractivity contribution < 1.29 is 23.1 Å². The summed E-state index contributed by atoms with van der Waals surface area (Å²) >= 11 is 0.375. The number of carbonyl (C=O) groups excluding carboxylic acids is 2. The zero-order valence-corrected chi connectivity index (χ0v) is 12.6. The molecule has 0 aliphatic heterocycles. The zero-order chi connectivity index (χ0) is 16.8. The van der Waals surface area contributed by atoms with Crippen LogP contribution in [0, 0.1) is 0 Å². The summed E-state index contributed by atoms with van der Waals surface area (Å²) in [4.78, 5) is 23.9. The van der Waals surface area contributed by atoms with Crippen molar-refractivity contribution in [2.24, 2.45) is 5.73 Å². The third-order valence-electron chi connectivity index (χ3n) is 2.90. The van der Waals surface area contributed by atoms with Gasteiger partial charge < -0.3 is 10.5 Å². The van der Waals surface area contributed by atoms with Crippen molar-refractivity contribution >= 4 is 23.6 Å². The fraction of sp³-hybridized carbons (Fsp3) is 0.125. The van der Waals surface area contributed by atoms with Gasteiger partial charge in [-0.15, -0.1) is 0 Å². The number of alkyl halides is 2. The Kier molecular flexibility index (Phi) is 5.70. The summed E-state index contributed by atoms with van der Waals surface area (Å²) in [5.41, 5.74) is 5.87. The molecule has 0 saturated carbocycles. The maximum atomic E-state index is 12.2. The van der Waals surface area contributed by atoms with Gasteiger partial charge in [0.1, 0.15) is 0 Å². The highest BCUT2D eigenvalue weighted by atomic mass is 32.2. The third kappa shape index (κ3) is 4.79. The lowest BCUT2D eigenvalue weighted by Crippen LogP contribution is -2.26. The number of thioether (sulfide) groups is 1. The van der Waals surface area contributed by atoms with Crippen molar-refractivity contribution in [1.29, 1.82) is 0 Å². The number of halogens is 2. The molecule has 0 saturated heterocycles. The largest absolute Gasteiger partial charge is 0.444 e. The van der Waals surface area contributed by atoms with E-state index in [1.54, 1.807) is 30.3 Å². The molecule has 0 aliphatic carbocycles. The van der Waals surface area contributed by atoms with Crippen LogP contribution >= 0.6 is 11.8 Å². The molecule has 0 radical (unpaired) electrons. The molecule has 0 aromatic heterocycles. The molecule has 0 bridgehead atoms. The van der Waals surface area contributed by atoms with Gasteiger partial charge in [0, 0.05) is 10.5 Å². The summed E-state index contributed by atoms with van der Waals surface area (Å²) in [6.45, 7) is 0. The fourth-order valence-electron chi connectivity index (χ4n) is 1.87. The van der Waals surface area contributed by atoms with Crippen molar-refractivity contribution in [1.82, 2.24) is 0 Å². The maximum absolute atomic E-state index is 12.2. The van der Waals surface area contributed by atoms with Crippen LogP contribution in [0.2, 0.25) is 0 Å². The summed E-state index contributed by atoms with van der Waals surface area (Å²) in [5, 5.41) is 0. The van der Waals surface area contributed by atoms with Gasteiger partial charge in [-0.25, -0.2) is 4.79 Å². The lowest BCUT2D eigenvalue weighted by atomic mass is 10.1. The van der Waals surface area contributed by atoms with Crippen LogP contribution in [0.3, 0.4) is 0 Å². The first-order chi connectivity index (χ1) is 11.0. The number of rotatable bonds is 6. The van der Waals surface area contributed by atoms with Gasteiger partial charge in [-0.1, -0.05) is 42.1 Å². The van der Waals surface area contributed by atoms with Crippen molar-refractivity contribution in [2.75, 3.05) is 0 Å². The Bertz CT molecular complexity index is 677. The molecule has 2 rings (SSSR count). The third-order valence-corrected chi connectivity index (χ3v) is 3.62. The highest BCUT2D eigenvalue weighted by Crippen LogP contribution is 2.26. The number of hydrogen-bond donors (Lipinski definition) is 1. The minimum Gasteiger partial charge on any atom is -0.444 e. The van der Waals surface area contributed by atoms with Gasteiger partial charge in [0.25, 0.3) is 11.7 Å². The van der Waals surface area contributed by atoms with Crippen LogP contribution in [-0.4, -0.2) is 17.6 Å². The summed E-state index contributed by atoms with van der Waals surface area (Å²) in [6, 6.07) is 13.8. The molecule has 4 nitrogen and oxygen atoms in total. The average molecular weight is 337 g/mol. The lowest BCUT2D eigenvalue weighted by molar-refractivity contribution is -0.127. The SMILES string of the molecule is NC(=O)[C@@H](OC(=O)c1ccc(SC(F)F)cc1)c1ccccc1. The molecular weight excluding hydrogens is 324 g/mol. The average Bonchev–Trinajstić information content (AvgIpc) is 2.53. The second kappa shape index (κ2) is 7.73. The predicted molar refractivity (Wildman–Crippen MR) is 82.1 cm³/mol. The number of amides is 1. The zero-order valence-electron chi connectivity index (χ0n) is 11.8. The van der Waals surface area contributed by atoms with E-state index in [1.165, 1.54) is 24.3 Å². The van der Waals surface area contributed by atoms with E-state index in [2.05, 4.69) is 0 Å². The smallest absolute Gasteiger partial charge is 0.339 e. The van der Waals surface area contributed by atoms with Gasteiger partial charge in [-0.2, -0.15) is 8.78 Å². The molecule has 2 N–H and O–H groups in total. The second-order valence-electron chi connectivity index (χ2n) is 4.50. The number of nitrogens with two attached hydrogens (primary N) is 1. The lowest BCUT2D eigenvalue weighted by Gasteiger charge is -2.15. The Morgan fingerprint density at radius 1 is 1.00 bits per heavy atom. The number of benzene rings is 2. The van der Waals surface area contributed by atoms with E-state index in [0.717, 1.165) is 0 Å². The van der Waals surface area contributed by atoms with Crippen LogP contribution in [0.25, 0.3) is 0 Å². The molecule has 2 aromatic rings. The minimum atomic E-state index is -2.54. The molecular formula is C16H13F2NO3S. The van der Waals surface area contributed by atoms with E-state index in [0.29, 0.717) is 22.2 Å². The van der Waals surface area contributed by atoms with Crippen molar-refractivity contribution in [3.8, 4) is 0 Å². The summed E-state index contributed by atoms with van der Waals surface area (Å²) in [6.07, 6.45) is -1.21. The summed E-state index contributed by atoms with van der Waals surface area (Å²) < 4.78 is 29.6. The quantitative estimate of drug-likeness (QED) is 0.648. The summed E-state index contributed by atoms with van der Waals surface area (Å²) in [5.74, 6) is -4.09. The Morgan fingerprint density at radius 2 is 1.61 bits per heavy atom. The van der Waals surface area contributed by atoms with Gasteiger partial charge in [-0.05, 0) is 24.3 Å². The molecule has 0 spiro atoms. The molecule has 0 unspecified atom stereocenters. The molecule has 1 atom stereocenters. The summed E-state index contributed by atoms with van der Waals surface area (Å²) in [7, 11) is 0. The number of ether oxygens (including phenoxy) is 1. The highest BCUT2D eigenvalue weighted by molar-refractivity contribution is 7.99. The van der Waals surface area contributed by atoms with Crippen molar-refractivity contribution in [2.45, 2.75) is 16.8 Å². The Morgan fingerprint density at radius 3 is 2.13 bits per heavy atom. The van der Waals surface area contributed by atoms with Gasteiger partial charge in [-0.3, -0.25) is 4.79 Å². The number of primary amides is 1. The molecule has 23 heavy (non-hydrogen) atoms. The molecule has 0 fully saturated rings. The van der Waals surface area contributed by atoms with Gasteiger partial charge >= 0.3 is 5.97 Å². The van der Waals surface area contributed by atoms with Crippen LogP contribution in [0.15, 0.2) is 59.5 Å². The van der Waals surface area contributed by atoms with Crippen molar-refractivity contribution in [3.63, 3.8) is 0 Å². The maximum Gasteiger partial charge on any atom is 0.339 e. The predicted octanol–water partition coefficient (Wildman–Crippen LogP) is 3.38. The molecule has 1 amide bonds. The molecule has 0 heterocycles. The van der Waals surface area contributed by atoms with Crippen molar-refractivity contribution in [3.05, 3.63) is 65.7 Å². The van der Waals surface area contributed by atoms with E-state index in [4.69, 9.17) is 10.5 Å². The Balaban J connectivity index is 2.11. The molecule has 2 aromatic carbocycles. The highest BCUT2D eigenvalue weighted by Gasteiger charge is 2.23. The first-order valence-electron chi connectivity index (χ1n) is 6.57. The first kappa shape index (κ1) is 17.0. The van der Waals surface area contributed by atoms with Gasteiger partial charge in [0.05, 0.1) is 5.56 Å². The van der Waals surface area contributed by atoms with E-state index in [-0.39, 0.29) is 5.56 Å². The molecule has 0 aliphatic rings. The van der Waals surface area contributed by atoms with Crippen LogP contribution < -0.4 is 5.73 Å². The number of hydrogen-bond acceptors (Lipinski definition) is 4. The molecule has 120 valence electrons. The first-order valence-corrected chi connectivity index (χ1v) is 7.45. The van der Waals surface area contributed by atoms with Gasteiger partial charge in [0.15, 0.2) is 0 Å². The van der Waals surface area contributed by atoms with E-state index >= 15 is 0 Å². The number of esters is 1. The van der Waals surface area contributed by atoms with E-state index in [9.17, 15) is 18.4 Å². The van der Waals surface area contributed by atoms with Crippen LogP contribution in [0.4, 0.5) is 8.78 Å². The van der Waals surface area contributed by atoms with Crippen LogP contribution in [-0.2, 0) is 9.53 Å². The topological polar surface area (TPSA) is 69.4 Å². The fourth-order valence-corrected chi connectivity index (χ4v) is 2.36. The Labute approximate surface area is 135 Å². The number of carbonyl (C=O) groups is 2. The minimum absolute atomic E-state index is 0.144. The van der Waals surface area contributed by atoms with Gasteiger partial charge in [0.2, 0.25) is 6.10 Å². The van der Waals surface area contributed by atoms with E-state index < -0.39 is 23.7 Å². The Hall–Kier alpha value is -2.41. The van der Waals surface area contributed by atoms with Crippen LogP contribution in [0.1, 0.15) is 22.0 Å².